The van der Waals surface area contributed by atoms with Crippen molar-refractivity contribution in [3.8, 4) is 0 Å². The van der Waals surface area contributed by atoms with Crippen LogP contribution in [0.1, 0.15) is 17.4 Å². The lowest BCUT2D eigenvalue weighted by molar-refractivity contribution is 0.101. The molecule has 1 amide bonds. The SMILES string of the molecule is CCn1cccc1C(=O)Nc1cccc(F)c1I. The van der Waals surface area contributed by atoms with E-state index in [9.17, 15) is 9.18 Å². The van der Waals surface area contributed by atoms with E-state index < -0.39 is 0 Å². The van der Waals surface area contributed by atoms with Crippen molar-refractivity contribution in [2.24, 2.45) is 0 Å². The number of nitrogens with zero attached hydrogens (tertiary/aromatic N) is 1. The van der Waals surface area contributed by atoms with Crippen LogP contribution in [0.3, 0.4) is 0 Å². The van der Waals surface area contributed by atoms with E-state index in [4.69, 9.17) is 0 Å². The first-order chi connectivity index (χ1) is 8.63. The molecule has 1 aromatic heterocycles. The van der Waals surface area contributed by atoms with Gasteiger partial charge in [-0.05, 0) is 53.8 Å². The Morgan fingerprint density at radius 1 is 1.39 bits per heavy atom. The molecule has 0 radical (unpaired) electrons. The number of halogens is 2. The summed E-state index contributed by atoms with van der Waals surface area (Å²) in [7, 11) is 0. The Labute approximate surface area is 118 Å². The lowest BCUT2D eigenvalue weighted by Crippen LogP contribution is -2.17. The number of anilines is 1. The number of hydrogen-bond donors (Lipinski definition) is 1. The minimum Gasteiger partial charge on any atom is -0.344 e. The zero-order valence-corrected chi connectivity index (χ0v) is 11.9. The van der Waals surface area contributed by atoms with Crippen LogP contribution in [-0.2, 0) is 6.54 Å². The van der Waals surface area contributed by atoms with Crippen LogP contribution in [0.25, 0.3) is 0 Å². The lowest BCUT2D eigenvalue weighted by Gasteiger charge is -2.09. The van der Waals surface area contributed by atoms with Crippen molar-refractivity contribution in [1.29, 1.82) is 0 Å². The summed E-state index contributed by atoms with van der Waals surface area (Å²) in [5.74, 6) is -0.565. The number of aromatic nitrogens is 1. The maximum Gasteiger partial charge on any atom is 0.272 e. The minimum atomic E-state index is -0.334. The summed E-state index contributed by atoms with van der Waals surface area (Å²) in [6.45, 7) is 2.68. The van der Waals surface area contributed by atoms with Crippen LogP contribution in [0.5, 0.6) is 0 Å². The third-order valence-electron chi connectivity index (χ3n) is 2.60. The Balaban J connectivity index is 2.24. The van der Waals surface area contributed by atoms with E-state index in [2.05, 4.69) is 5.32 Å². The van der Waals surface area contributed by atoms with Crippen LogP contribution in [0.2, 0.25) is 0 Å². The first-order valence-electron chi connectivity index (χ1n) is 5.54. The number of carbonyl (C=O) groups excluding carboxylic acids is 1. The largest absolute Gasteiger partial charge is 0.344 e. The molecule has 2 aromatic rings. The van der Waals surface area contributed by atoms with Gasteiger partial charge in [0.1, 0.15) is 11.5 Å². The highest BCUT2D eigenvalue weighted by Crippen LogP contribution is 2.21. The molecule has 18 heavy (non-hydrogen) atoms. The number of benzene rings is 1. The van der Waals surface area contributed by atoms with E-state index in [0.717, 1.165) is 6.54 Å². The molecule has 0 saturated carbocycles. The maximum atomic E-state index is 13.4. The smallest absolute Gasteiger partial charge is 0.272 e. The van der Waals surface area contributed by atoms with E-state index in [1.165, 1.54) is 6.07 Å². The number of hydrogen-bond acceptors (Lipinski definition) is 1. The number of rotatable bonds is 3. The van der Waals surface area contributed by atoms with E-state index in [1.54, 1.807) is 18.2 Å². The van der Waals surface area contributed by atoms with Gasteiger partial charge in [0.25, 0.3) is 5.91 Å². The Hall–Kier alpha value is -1.37. The number of aryl methyl sites for hydroxylation is 1. The molecule has 0 unspecified atom stereocenters. The molecule has 0 spiro atoms. The van der Waals surface area contributed by atoms with Crippen molar-refractivity contribution in [3.05, 3.63) is 51.6 Å². The Morgan fingerprint density at radius 3 is 2.89 bits per heavy atom. The van der Waals surface area contributed by atoms with Crippen LogP contribution < -0.4 is 5.32 Å². The van der Waals surface area contributed by atoms with E-state index in [-0.39, 0.29) is 11.7 Å². The molecule has 0 aliphatic heterocycles. The molecule has 0 aliphatic carbocycles. The van der Waals surface area contributed by atoms with Gasteiger partial charge in [-0.2, -0.15) is 0 Å². The average molecular weight is 358 g/mol. The Morgan fingerprint density at radius 2 is 2.17 bits per heavy atom. The van der Waals surface area contributed by atoms with E-state index in [1.807, 2.05) is 46.3 Å². The van der Waals surface area contributed by atoms with Gasteiger partial charge in [-0.15, -0.1) is 0 Å². The first-order valence-corrected chi connectivity index (χ1v) is 6.62. The molecule has 2 rings (SSSR count). The van der Waals surface area contributed by atoms with Gasteiger partial charge in [0.05, 0.1) is 9.26 Å². The fourth-order valence-corrected chi connectivity index (χ4v) is 2.18. The molecule has 0 fully saturated rings. The minimum absolute atomic E-state index is 0.231. The Kier molecular flexibility index (Phi) is 4.00. The fourth-order valence-electron chi connectivity index (χ4n) is 1.68. The molecule has 0 aliphatic rings. The van der Waals surface area contributed by atoms with Gasteiger partial charge in [0, 0.05) is 12.7 Å². The van der Waals surface area contributed by atoms with Gasteiger partial charge in [-0.25, -0.2) is 4.39 Å². The predicted octanol–water partition coefficient (Wildman–Crippen LogP) is 3.50. The van der Waals surface area contributed by atoms with Crippen LogP contribution in [0.15, 0.2) is 36.5 Å². The molecule has 5 heteroatoms. The quantitative estimate of drug-likeness (QED) is 0.838. The maximum absolute atomic E-state index is 13.4. The summed E-state index contributed by atoms with van der Waals surface area (Å²) < 4.78 is 15.6. The summed E-state index contributed by atoms with van der Waals surface area (Å²) in [6, 6.07) is 8.18. The number of nitrogens with one attached hydrogen (secondary N) is 1. The third kappa shape index (κ3) is 2.55. The topological polar surface area (TPSA) is 34.0 Å². The van der Waals surface area contributed by atoms with Crippen molar-refractivity contribution in [2.45, 2.75) is 13.5 Å². The van der Waals surface area contributed by atoms with Gasteiger partial charge >= 0.3 is 0 Å². The van der Waals surface area contributed by atoms with Gasteiger partial charge in [-0.3, -0.25) is 4.79 Å². The normalized spacial score (nSPS) is 10.4. The van der Waals surface area contributed by atoms with Crippen LogP contribution in [-0.4, -0.2) is 10.5 Å². The summed E-state index contributed by atoms with van der Waals surface area (Å²) in [5.41, 5.74) is 1.06. The lowest BCUT2D eigenvalue weighted by atomic mass is 10.3. The van der Waals surface area contributed by atoms with Crippen LogP contribution >= 0.6 is 22.6 Å². The first kappa shape index (κ1) is 13.1. The van der Waals surface area contributed by atoms with Crippen molar-refractivity contribution < 1.29 is 9.18 Å². The molecule has 0 bridgehead atoms. The van der Waals surface area contributed by atoms with E-state index >= 15 is 0 Å². The van der Waals surface area contributed by atoms with Crippen molar-refractivity contribution in [3.63, 3.8) is 0 Å². The second-order valence-corrected chi connectivity index (χ2v) is 4.81. The molecule has 1 aromatic carbocycles. The monoisotopic (exact) mass is 358 g/mol. The van der Waals surface area contributed by atoms with Gasteiger partial charge in [0.2, 0.25) is 0 Å². The van der Waals surface area contributed by atoms with Crippen molar-refractivity contribution in [2.75, 3.05) is 5.32 Å². The zero-order chi connectivity index (χ0) is 13.1. The van der Waals surface area contributed by atoms with Crippen molar-refractivity contribution >= 4 is 34.2 Å². The van der Waals surface area contributed by atoms with Crippen LogP contribution in [0, 0.1) is 9.39 Å². The highest BCUT2D eigenvalue weighted by atomic mass is 127. The van der Waals surface area contributed by atoms with Gasteiger partial charge in [-0.1, -0.05) is 6.07 Å². The van der Waals surface area contributed by atoms with Crippen molar-refractivity contribution in [1.82, 2.24) is 4.57 Å². The molecular formula is C13H12FIN2O. The zero-order valence-electron chi connectivity index (χ0n) is 9.78. The summed E-state index contributed by atoms with van der Waals surface area (Å²) in [6.07, 6.45) is 1.84. The molecular weight excluding hydrogens is 346 g/mol. The molecule has 94 valence electrons. The summed E-state index contributed by atoms with van der Waals surface area (Å²) in [5, 5.41) is 2.72. The summed E-state index contributed by atoms with van der Waals surface area (Å²) in [4.78, 5) is 12.1. The fraction of sp³-hybridized carbons (Fsp3) is 0.154. The highest BCUT2D eigenvalue weighted by Gasteiger charge is 2.12. The Bertz CT molecular complexity index is 580. The molecule has 1 heterocycles. The van der Waals surface area contributed by atoms with Gasteiger partial charge in [0.15, 0.2) is 0 Å². The molecule has 1 N–H and O–H groups in total. The van der Waals surface area contributed by atoms with Gasteiger partial charge < -0.3 is 9.88 Å². The molecule has 3 nitrogen and oxygen atoms in total. The standard InChI is InChI=1S/C13H12FIN2O/c1-2-17-8-4-7-11(17)13(18)16-10-6-3-5-9(14)12(10)15/h3-8H,2H2,1H3,(H,16,18). The third-order valence-corrected chi connectivity index (χ3v) is 3.70. The second kappa shape index (κ2) is 5.51. The van der Waals surface area contributed by atoms with Crippen LogP contribution in [0.4, 0.5) is 10.1 Å². The molecule has 0 saturated heterocycles. The molecule has 0 atom stereocenters. The highest BCUT2D eigenvalue weighted by molar-refractivity contribution is 14.1. The average Bonchev–Trinajstić information content (AvgIpc) is 2.83. The number of carbonyl (C=O) groups is 1. The summed E-state index contributed by atoms with van der Waals surface area (Å²) >= 11 is 1.88. The predicted molar refractivity (Wildman–Crippen MR) is 77.2 cm³/mol. The van der Waals surface area contributed by atoms with E-state index in [0.29, 0.717) is 15.0 Å². The number of amides is 1. The second-order valence-electron chi connectivity index (χ2n) is 3.73.